The van der Waals surface area contributed by atoms with Gasteiger partial charge in [-0.05, 0) is 39.3 Å². The second kappa shape index (κ2) is 10.9. The number of ether oxygens (including phenoxy) is 2. The molecule has 5 heteroatoms. The first-order chi connectivity index (χ1) is 10.7. The van der Waals surface area contributed by atoms with Gasteiger partial charge < -0.3 is 20.1 Å². The SMILES string of the molecule is CCNC(=NCc1ccc(C)cc1OCC)NCCOCC. The summed E-state index contributed by atoms with van der Waals surface area (Å²) in [7, 11) is 0. The molecule has 0 unspecified atom stereocenters. The zero-order chi connectivity index (χ0) is 16.2. The molecule has 124 valence electrons. The summed E-state index contributed by atoms with van der Waals surface area (Å²) in [5.41, 5.74) is 2.28. The Morgan fingerprint density at radius 2 is 1.95 bits per heavy atom. The third-order valence-electron chi connectivity index (χ3n) is 3.02. The van der Waals surface area contributed by atoms with Crippen LogP contribution in [0.5, 0.6) is 5.75 Å². The fraction of sp³-hybridized carbons (Fsp3) is 0.588. The van der Waals surface area contributed by atoms with E-state index in [0.717, 1.165) is 37.0 Å². The molecular weight excluding hydrogens is 278 g/mol. The maximum Gasteiger partial charge on any atom is 0.191 e. The van der Waals surface area contributed by atoms with Gasteiger partial charge in [0.2, 0.25) is 0 Å². The van der Waals surface area contributed by atoms with E-state index < -0.39 is 0 Å². The fourth-order valence-corrected chi connectivity index (χ4v) is 1.97. The smallest absolute Gasteiger partial charge is 0.191 e. The second-order valence-electron chi connectivity index (χ2n) is 4.86. The lowest BCUT2D eigenvalue weighted by atomic mass is 10.1. The average Bonchev–Trinajstić information content (AvgIpc) is 2.51. The van der Waals surface area contributed by atoms with E-state index in [2.05, 4.69) is 47.7 Å². The Morgan fingerprint density at radius 1 is 1.14 bits per heavy atom. The number of benzene rings is 1. The molecule has 0 heterocycles. The average molecular weight is 307 g/mol. The van der Waals surface area contributed by atoms with Gasteiger partial charge in [-0.2, -0.15) is 0 Å². The van der Waals surface area contributed by atoms with Gasteiger partial charge in [0.05, 0.1) is 19.8 Å². The minimum atomic E-state index is 0.583. The van der Waals surface area contributed by atoms with Crippen LogP contribution in [-0.2, 0) is 11.3 Å². The molecule has 1 aromatic carbocycles. The quantitative estimate of drug-likeness (QED) is 0.418. The highest BCUT2D eigenvalue weighted by molar-refractivity contribution is 5.79. The summed E-state index contributed by atoms with van der Waals surface area (Å²) in [5, 5.41) is 6.50. The first-order valence-electron chi connectivity index (χ1n) is 8.03. The van der Waals surface area contributed by atoms with Crippen molar-refractivity contribution in [3.8, 4) is 5.75 Å². The number of aryl methyl sites for hydroxylation is 1. The summed E-state index contributed by atoms with van der Waals surface area (Å²) >= 11 is 0. The largest absolute Gasteiger partial charge is 0.494 e. The van der Waals surface area contributed by atoms with Crippen LogP contribution in [0.2, 0.25) is 0 Å². The summed E-state index contributed by atoms with van der Waals surface area (Å²) in [6.07, 6.45) is 0. The van der Waals surface area contributed by atoms with Crippen molar-refractivity contribution in [3.63, 3.8) is 0 Å². The van der Waals surface area contributed by atoms with Crippen LogP contribution < -0.4 is 15.4 Å². The van der Waals surface area contributed by atoms with Crippen LogP contribution in [0.25, 0.3) is 0 Å². The van der Waals surface area contributed by atoms with Crippen molar-refractivity contribution in [2.24, 2.45) is 4.99 Å². The monoisotopic (exact) mass is 307 g/mol. The van der Waals surface area contributed by atoms with Gasteiger partial charge in [0.15, 0.2) is 5.96 Å². The van der Waals surface area contributed by atoms with Crippen molar-refractivity contribution >= 4 is 5.96 Å². The molecule has 1 rings (SSSR count). The Morgan fingerprint density at radius 3 is 2.64 bits per heavy atom. The van der Waals surface area contributed by atoms with E-state index in [1.165, 1.54) is 5.56 Å². The molecule has 0 aliphatic heterocycles. The highest BCUT2D eigenvalue weighted by atomic mass is 16.5. The van der Waals surface area contributed by atoms with Gasteiger partial charge in [-0.1, -0.05) is 12.1 Å². The molecule has 0 aliphatic rings. The van der Waals surface area contributed by atoms with Crippen molar-refractivity contribution in [2.75, 3.05) is 32.9 Å². The molecule has 0 fully saturated rings. The number of aliphatic imine (C=N–C) groups is 1. The van der Waals surface area contributed by atoms with Crippen LogP contribution in [-0.4, -0.2) is 38.9 Å². The van der Waals surface area contributed by atoms with E-state index in [9.17, 15) is 0 Å². The molecule has 0 bridgehead atoms. The van der Waals surface area contributed by atoms with E-state index in [4.69, 9.17) is 9.47 Å². The van der Waals surface area contributed by atoms with Gasteiger partial charge in [-0.3, -0.25) is 0 Å². The van der Waals surface area contributed by atoms with Gasteiger partial charge in [0, 0.05) is 25.3 Å². The van der Waals surface area contributed by atoms with Crippen molar-refractivity contribution in [2.45, 2.75) is 34.2 Å². The van der Waals surface area contributed by atoms with Crippen molar-refractivity contribution < 1.29 is 9.47 Å². The molecule has 1 aromatic rings. The third-order valence-corrected chi connectivity index (χ3v) is 3.02. The van der Waals surface area contributed by atoms with Crippen LogP contribution in [0.1, 0.15) is 31.9 Å². The summed E-state index contributed by atoms with van der Waals surface area (Å²) < 4.78 is 11.0. The summed E-state index contributed by atoms with van der Waals surface area (Å²) in [6.45, 7) is 12.3. The molecule has 0 saturated carbocycles. The first kappa shape index (κ1) is 18.3. The highest BCUT2D eigenvalue weighted by Gasteiger charge is 2.04. The molecule has 0 aromatic heterocycles. The highest BCUT2D eigenvalue weighted by Crippen LogP contribution is 2.21. The van der Waals surface area contributed by atoms with Crippen molar-refractivity contribution in [3.05, 3.63) is 29.3 Å². The molecule has 0 atom stereocenters. The van der Waals surface area contributed by atoms with E-state index in [1.807, 2.05) is 13.8 Å². The molecular formula is C17H29N3O2. The maximum atomic E-state index is 5.69. The first-order valence-corrected chi connectivity index (χ1v) is 8.03. The minimum Gasteiger partial charge on any atom is -0.494 e. The standard InChI is InChI=1S/C17H29N3O2/c1-5-18-17(19-10-11-21-6-2)20-13-15-9-8-14(4)12-16(15)22-7-3/h8-9,12H,5-7,10-11,13H2,1-4H3,(H2,18,19,20). The second-order valence-corrected chi connectivity index (χ2v) is 4.86. The van der Waals surface area contributed by atoms with E-state index in [-0.39, 0.29) is 0 Å². The molecule has 2 N–H and O–H groups in total. The van der Waals surface area contributed by atoms with Gasteiger partial charge in [-0.15, -0.1) is 0 Å². The number of nitrogens with zero attached hydrogens (tertiary/aromatic N) is 1. The minimum absolute atomic E-state index is 0.583. The molecule has 0 spiro atoms. The summed E-state index contributed by atoms with van der Waals surface area (Å²) in [5.74, 6) is 1.71. The molecule has 0 amide bonds. The molecule has 5 nitrogen and oxygen atoms in total. The van der Waals surface area contributed by atoms with Gasteiger partial charge in [0.25, 0.3) is 0 Å². The van der Waals surface area contributed by atoms with E-state index >= 15 is 0 Å². The number of rotatable bonds is 9. The Kier molecular flexibility index (Phi) is 9.07. The van der Waals surface area contributed by atoms with Crippen molar-refractivity contribution in [1.29, 1.82) is 0 Å². The van der Waals surface area contributed by atoms with Crippen LogP contribution >= 0.6 is 0 Å². The van der Waals surface area contributed by atoms with E-state index in [1.54, 1.807) is 0 Å². The summed E-state index contributed by atoms with van der Waals surface area (Å²) in [6, 6.07) is 6.22. The predicted molar refractivity (Wildman–Crippen MR) is 91.7 cm³/mol. The Labute approximate surface area is 134 Å². The maximum absolute atomic E-state index is 5.69. The number of guanidine groups is 1. The number of hydrogen-bond donors (Lipinski definition) is 2. The lowest BCUT2D eigenvalue weighted by molar-refractivity contribution is 0.152. The number of nitrogens with one attached hydrogen (secondary N) is 2. The van der Waals surface area contributed by atoms with Crippen LogP contribution in [0.3, 0.4) is 0 Å². The Balaban J connectivity index is 2.68. The zero-order valence-electron chi connectivity index (χ0n) is 14.2. The van der Waals surface area contributed by atoms with Crippen LogP contribution in [0, 0.1) is 6.92 Å². The normalized spacial score (nSPS) is 11.4. The molecule has 0 aliphatic carbocycles. The molecule has 22 heavy (non-hydrogen) atoms. The van der Waals surface area contributed by atoms with Crippen LogP contribution in [0.4, 0.5) is 0 Å². The Bertz CT molecular complexity index is 461. The summed E-state index contributed by atoms with van der Waals surface area (Å²) in [4.78, 5) is 4.61. The van der Waals surface area contributed by atoms with Crippen molar-refractivity contribution in [1.82, 2.24) is 10.6 Å². The fourth-order valence-electron chi connectivity index (χ4n) is 1.97. The van der Waals surface area contributed by atoms with Crippen LogP contribution in [0.15, 0.2) is 23.2 Å². The van der Waals surface area contributed by atoms with E-state index in [0.29, 0.717) is 19.8 Å². The lowest BCUT2D eigenvalue weighted by Gasteiger charge is -2.13. The van der Waals surface area contributed by atoms with Gasteiger partial charge >= 0.3 is 0 Å². The lowest BCUT2D eigenvalue weighted by Crippen LogP contribution is -2.39. The van der Waals surface area contributed by atoms with Gasteiger partial charge in [-0.25, -0.2) is 4.99 Å². The molecule has 0 saturated heterocycles. The third kappa shape index (κ3) is 6.80. The molecule has 0 radical (unpaired) electrons. The van der Waals surface area contributed by atoms with Gasteiger partial charge in [0.1, 0.15) is 5.75 Å². The topological polar surface area (TPSA) is 54.9 Å². The zero-order valence-corrected chi connectivity index (χ0v) is 14.2. The predicted octanol–water partition coefficient (Wildman–Crippen LogP) is 2.49. The number of hydrogen-bond acceptors (Lipinski definition) is 3. The Hall–Kier alpha value is -1.75.